The number of nitriles is 1. The van der Waals surface area contributed by atoms with E-state index in [0.717, 1.165) is 90.9 Å². The number of piperidine rings is 2. The molecule has 3 amide bonds. The molecule has 1 atom stereocenters. The van der Waals surface area contributed by atoms with Crippen molar-refractivity contribution in [2.75, 3.05) is 26.2 Å². The minimum atomic E-state index is -0.631. The van der Waals surface area contributed by atoms with E-state index in [1.54, 1.807) is 17.0 Å². The molecule has 2 fully saturated rings. The Labute approximate surface area is 327 Å². The SMILES string of the molecule is Cc1c(-c2ccc(C#N)c(Cl)c2)nn(Cc2ccc(C#CC3CCN(CCCCCOc4cccc5c4CN(C4CCC(=O)NC4=O)C5=O)CC3)cc2)c1C. The van der Waals surface area contributed by atoms with Gasteiger partial charge in [-0.25, -0.2) is 0 Å². The lowest BCUT2D eigenvalue weighted by Crippen LogP contribution is -2.52. The Morgan fingerprint density at radius 3 is 2.53 bits per heavy atom. The summed E-state index contributed by atoms with van der Waals surface area (Å²) >= 11 is 6.30. The fourth-order valence-corrected chi connectivity index (χ4v) is 7.88. The number of nitrogens with one attached hydrogen (secondary N) is 1. The molecule has 0 aliphatic carbocycles. The smallest absolute Gasteiger partial charge is 0.255 e. The third-order valence-electron chi connectivity index (χ3n) is 11.1. The number of nitrogens with zero attached hydrogens (tertiary/aromatic N) is 5. The highest BCUT2D eigenvalue weighted by Gasteiger charge is 2.40. The van der Waals surface area contributed by atoms with Crippen LogP contribution < -0.4 is 10.1 Å². The largest absolute Gasteiger partial charge is 0.493 e. The molecule has 1 unspecified atom stereocenters. The fraction of sp³-hybridized carbons (Fsp3) is 0.386. The average molecular weight is 757 g/mol. The van der Waals surface area contributed by atoms with Crippen molar-refractivity contribution in [1.29, 1.82) is 5.26 Å². The summed E-state index contributed by atoms with van der Waals surface area (Å²) < 4.78 is 8.15. The predicted octanol–water partition coefficient (Wildman–Crippen LogP) is 6.81. The first-order chi connectivity index (χ1) is 26.7. The maximum absolute atomic E-state index is 13.1. The number of aromatic nitrogens is 2. The summed E-state index contributed by atoms with van der Waals surface area (Å²) in [4.78, 5) is 41.1. The highest BCUT2D eigenvalue weighted by atomic mass is 35.5. The first kappa shape index (κ1) is 37.9. The van der Waals surface area contributed by atoms with Gasteiger partial charge in [0.25, 0.3) is 5.91 Å². The monoisotopic (exact) mass is 756 g/mol. The summed E-state index contributed by atoms with van der Waals surface area (Å²) in [6.07, 6.45) is 5.81. The van der Waals surface area contributed by atoms with Gasteiger partial charge >= 0.3 is 0 Å². The molecule has 10 nitrogen and oxygen atoms in total. The van der Waals surface area contributed by atoms with Crippen LogP contribution in [0.3, 0.4) is 0 Å². The Balaban J connectivity index is 0.813. The van der Waals surface area contributed by atoms with Gasteiger partial charge in [0.2, 0.25) is 11.8 Å². The molecule has 3 aliphatic heterocycles. The molecule has 7 rings (SSSR count). The van der Waals surface area contributed by atoms with Crippen LogP contribution in [0.2, 0.25) is 5.02 Å². The van der Waals surface area contributed by atoms with Crippen LogP contribution in [0.5, 0.6) is 5.75 Å². The van der Waals surface area contributed by atoms with Gasteiger partial charge in [-0.3, -0.25) is 24.4 Å². The normalized spacial score (nSPS) is 17.4. The van der Waals surface area contributed by atoms with Gasteiger partial charge < -0.3 is 14.5 Å². The van der Waals surface area contributed by atoms with Crippen molar-refractivity contribution in [3.8, 4) is 34.9 Å². The molecule has 3 aromatic carbocycles. The van der Waals surface area contributed by atoms with Crippen molar-refractivity contribution >= 4 is 29.3 Å². The Bertz CT molecular complexity index is 2200. The van der Waals surface area contributed by atoms with Gasteiger partial charge in [0, 0.05) is 40.3 Å². The van der Waals surface area contributed by atoms with E-state index in [1.165, 1.54) is 0 Å². The number of likely N-dealkylation sites (tertiary alicyclic amines) is 1. The van der Waals surface area contributed by atoms with E-state index in [0.29, 0.717) is 53.9 Å². The van der Waals surface area contributed by atoms with Gasteiger partial charge in [-0.1, -0.05) is 47.7 Å². The van der Waals surface area contributed by atoms with Gasteiger partial charge in [0.15, 0.2) is 0 Å². The molecule has 2 saturated heterocycles. The van der Waals surface area contributed by atoms with Crippen molar-refractivity contribution in [2.45, 2.75) is 77.9 Å². The van der Waals surface area contributed by atoms with E-state index in [1.807, 2.05) is 28.9 Å². The Kier molecular flexibility index (Phi) is 11.7. The third kappa shape index (κ3) is 8.62. The zero-order chi connectivity index (χ0) is 38.5. The van der Waals surface area contributed by atoms with Gasteiger partial charge in [-0.2, -0.15) is 10.4 Å². The van der Waals surface area contributed by atoms with Crippen molar-refractivity contribution in [3.05, 3.63) is 105 Å². The molecule has 3 aliphatic rings. The molecule has 0 saturated carbocycles. The highest BCUT2D eigenvalue weighted by molar-refractivity contribution is 6.32. The third-order valence-corrected chi connectivity index (χ3v) is 11.4. The molecular weight excluding hydrogens is 712 g/mol. The first-order valence-corrected chi connectivity index (χ1v) is 19.5. The Morgan fingerprint density at radius 1 is 0.982 bits per heavy atom. The van der Waals surface area contributed by atoms with Crippen LogP contribution in [0.1, 0.15) is 88.8 Å². The molecule has 0 spiro atoms. The Hall–Kier alpha value is -5.42. The van der Waals surface area contributed by atoms with Crippen molar-refractivity contribution in [2.24, 2.45) is 5.92 Å². The highest BCUT2D eigenvalue weighted by Crippen LogP contribution is 2.34. The Morgan fingerprint density at radius 2 is 1.78 bits per heavy atom. The molecule has 1 N–H and O–H groups in total. The summed E-state index contributed by atoms with van der Waals surface area (Å²) in [5.74, 6) is 7.15. The maximum Gasteiger partial charge on any atom is 0.255 e. The lowest BCUT2D eigenvalue weighted by atomic mass is 9.96. The fourth-order valence-electron chi connectivity index (χ4n) is 7.66. The van der Waals surface area contributed by atoms with E-state index in [9.17, 15) is 19.6 Å². The second-order valence-corrected chi connectivity index (χ2v) is 15.1. The number of hydrogen-bond donors (Lipinski definition) is 1. The number of carbonyl (C=O) groups is 3. The summed E-state index contributed by atoms with van der Waals surface area (Å²) in [6, 6.07) is 20.8. The molecule has 0 radical (unpaired) electrons. The number of rotatable bonds is 11. The minimum Gasteiger partial charge on any atom is -0.493 e. The van der Waals surface area contributed by atoms with E-state index in [-0.39, 0.29) is 18.2 Å². The average Bonchev–Trinajstić information content (AvgIpc) is 3.67. The van der Waals surface area contributed by atoms with Crippen LogP contribution in [0.25, 0.3) is 11.3 Å². The lowest BCUT2D eigenvalue weighted by Gasteiger charge is -2.29. The van der Waals surface area contributed by atoms with Crippen LogP contribution in [0.15, 0.2) is 60.7 Å². The number of ether oxygens (including phenoxy) is 1. The molecule has 282 valence electrons. The second-order valence-electron chi connectivity index (χ2n) is 14.7. The standard InChI is InChI=1S/C44H45ClN6O4/c1-29-30(2)51(48-42(29)34-15-16-35(26-46)38(45)25-34)27-33-13-11-31(12-14-33)9-10-32-19-22-49(23-20-32)21-4-3-5-24-55-40-8-6-7-36-37(40)28-50(44(36)54)39-17-18-41(52)47-43(39)53/h6-8,11-16,25,32,39H,3-5,17-24,27-28H2,1-2H3,(H,47,52,53). The summed E-state index contributed by atoms with van der Waals surface area (Å²) in [5.41, 5.74) is 7.98. The van der Waals surface area contributed by atoms with E-state index < -0.39 is 11.9 Å². The molecular formula is C44H45ClN6O4. The van der Waals surface area contributed by atoms with Crippen molar-refractivity contribution in [3.63, 3.8) is 0 Å². The van der Waals surface area contributed by atoms with E-state index in [2.05, 4.69) is 66.2 Å². The number of amides is 3. The topological polar surface area (TPSA) is 121 Å². The maximum atomic E-state index is 13.1. The number of imide groups is 1. The van der Waals surface area contributed by atoms with Crippen LogP contribution in [-0.2, 0) is 22.7 Å². The molecule has 55 heavy (non-hydrogen) atoms. The second kappa shape index (κ2) is 16.9. The molecule has 11 heteroatoms. The lowest BCUT2D eigenvalue weighted by molar-refractivity contribution is -0.136. The number of unbranched alkanes of at least 4 members (excludes halogenated alkanes) is 2. The van der Waals surface area contributed by atoms with Gasteiger partial charge in [0.1, 0.15) is 17.9 Å². The molecule has 0 bridgehead atoms. The summed E-state index contributed by atoms with van der Waals surface area (Å²) in [6.45, 7) is 8.85. The van der Waals surface area contributed by atoms with Crippen LogP contribution in [0.4, 0.5) is 0 Å². The van der Waals surface area contributed by atoms with Gasteiger partial charge in [-0.05, 0) is 120 Å². The zero-order valence-electron chi connectivity index (χ0n) is 31.4. The van der Waals surface area contributed by atoms with Gasteiger partial charge in [0.05, 0.1) is 36.0 Å². The van der Waals surface area contributed by atoms with Gasteiger partial charge in [-0.15, -0.1) is 0 Å². The summed E-state index contributed by atoms with van der Waals surface area (Å²) in [7, 11) is 0. The number of hydrogen-bond acceptors (Lipinski definition) is 7. The number of fused-ring (bicyclic) bond motifs is 1. The zero-order valence-corrected chi connectivity index (χ0v) is 32.1. The van der Waals surface area contributed by atoms with Crippen LogP contribution in [0, 0.1) is 42.9 Å². The van der Waals surface area contributed by atoms with E-state index >= 15 is 0 Å². The quantitative estimate of drug-likeness (QED) is 0.101. The van der Waals surface area contributed by atoms with Crippen molar-refractivity contribution < 1.29 is 19.1 Å². The minimum absolute atomic E-state index is 0.185. The number of carbonyl (C=O) groups excluding carboxylic acids is 3. The number of benzene rings is 3. The molecule has 4 heterocycles. The van der Waals surface area contributed by atoms with Crippen LogP contribution in [-0.4, -0.2) is 69.6 Å². The van der Waals surface area contributed by atoms with E-state index in [4.69, 9.17) is 21.4 Å². The van der Waals surface area contributed by atoms with Crippen LogP contribution >= 0.6 is 11.6 Å². The summed E-state index contributed by atoms with van der Waals surface area (Å²) in [5, 5.41) is 16.9. The predicted molar refractivity (Wildman–Crippen MR) is 210 cm³/mol. The number of halogens is 1. The molecule has 4 aromatic rings. The van der Waals surface area contributed by atoms with Crippen molar-refractivity contribution in [1.82, 2.24) is 24.9 Å². The molecule has 1 aromatic heterocycles. The first-order valence-electron chi connectivity index (χ1n) is 19.1.